The molecule has 2 N–H and O–H groups in total. The van der Waals surface area contributed by atoms with Crippen LogP contribution in [0.15, 0.2) is 52.5 Å². The largest absolute Gasteiger partial charge is 0.324 e. The van der Waals surface area contributed by atoms with E-state index in [9.17, 15) is 10.1 Å². The van der Waals surface area contributed by atoms with E-state index in [1.807, 2.05) is 19.1 Å². The van der Waals surface area contributed by atoms with E-state index in [4.69, 9.17) is 5.73 Å². The number of nitrogens with two attached hydrogens (primary N) is 1. The molecule has 0 fully saturated rings. The number of para-hydroxylation sites is 1. The van der Waals surface area contributed by atoms with Gasteiger partial charge in [0.1, 0.15) is 5.03 Å². The Morgan fingerprint density at radius 3 is 2.63 bits per heavy atom. The average Bonchev–Trinajstić information content (AvgIpc) is 2.39. The zero-order valence-corrected chi connectivity index (χ0v) is 11.1. The van der Waals surface area contributed by atoms with Gasteiger partial charge in [0, 0.05) is 18.3 Å². The maximum atomic E-state index is 10.9. The molecule has 0 spiro atoms. The highest BCUT2D eigenvalue weighted by Gasteiger charge is 2.14. The van der Waals surface area contributed by atoms with Gasteiger partial charge in [0.15, 0.2) is 0 Å². The lowest BCUT2D eigenvalue weighted by molar-refractivity contribution is -0.387. The van der Waals surface area contributed by atoms with Crippen molar-refractivity contribution in [1.82, 2.24) is 4.98 Å². The van der Waals surface area contributed by atoms with Gasteiger partial charge in [-0.3, -0.25) is 10.1 Å². The van der Waals surface area contributed by atoms with Gasteiger partial charge in [-0.1, -0.05) is 30.0 Å². The van der Waals surface area contributed by atoms with E-state index in [0.29, 0.717) is 9.92 Å². The molecule has 1 atom stereocenters. The first kappa shape index (κ1) is 13.5. The first-order valence-electron chi connectivity index (χ1n) is 5.70. The van der Waals surface area contributed by atoms with Crippen molar-refractivity contribution in [2.75, 3.05) is 0 Å². The number of pyridine rings is 1. The van der Waals surface area contributed by atoms with E-state index in [0.717, 1.165) is 5.56 Å². The van der Waals surface area contributed by atoms with Gasteiger partial charge in [-0.15, -0.1) is 0 Å². The van der Waals surface area contributed by atoms with Gasteiger partial charge in [-0.25, -0.2) is 4.98 Å². The molecule has 0 aliphatic rings. The van der Waals surface area contributed by atoms with Crippen molar-refractivity contribution in [2.24, 2.45) is 5.73 Å². The first-order chi connectivity index (χ1) is 9.08. The number of aromatic nitrogens is 1. The Kier molecular flexibility index (Phi) is 4.13. The second-order valence-corrected chi connectivity index (χ2v) is 5.11. The predicted molar refractivity (Wildman–Crippen MR) is 74.1 cm³/mol. The standard InChI is InChI=1S/C13H13N3O2S/c1-9(14)10-6-7-13(15-8-10)19-12-5-3-2-4-11(12)16(17)18/h2-9H,14H2,1H3/t9-/m0/s1. The van der Waals surface area contributed by atoms with Gasteiger partial charge in [-0.05, 0) is 24.6 Å². The van der Waals surface area contributed by atoms with E-state index in [1.54, 1.807) is 24.4 Å². The maximum absolute atomic E-state index is 10.9. The van der Waals surface area contributed by atoms with E-state index >= 15 is 0 Å². The molecule has 1 aromatic carbocycles. The smallest absolute Gasteiger partial charge is 0.283 e. The third-order valence-corrected chi connectivity index (χ3v) is 3.58. The van der Waals surface area contributed by atoms with Crippen LogP contribution in [0.3, 0.4) is 0 Å². The summed E-state index contributed by atoms with van der Waals surface area (Å²) in [5, 5.41) is 11.6. The maximum Gasteiger partial charge on any atom is 0.283 e. The quantitative estimate of drug-likeness (QED) is 0.684. The Bertz CT molecular complexity index is 585. The number of nitrogens with zero attached hydrogens (tertiary/aromatic N) is 2. The summed E-state index contributed by atoms with van der Waals surface area (Å²) >= 11 is 1.27. The number of benzene rings is 1. The van der Waals surface area contributed by atoms with Crippen molar-refractivity contribution < 1.29 is 4.92 Å². The number of nitro groups is 1. The minimum Gasteiger partial charge on any atom is -0.324 e. The minimum atomic E-state index is -0.390. The highest BCUT2D eigenvalue weighted by Crippen LogP contribution is 2.33. The Balaban J connectivity index is 2.24. The molecule has 0 saturated heterocycles. The molecule has 5 nitrogen and oxygen atoms in total. The third-order valence-electron chi connectivity index (χ3n) is 2.56. The minimum absolute atomic E-state index is 0.0717. The van der Waals surface area contributed by atoms with Gasteiger partial charge in [-0.2, -0.15) is 0 Å². The van der Waals surface area contributed by atoms with Crippen molar-refractivity contribution in [1.29, 1.82) is 0 Å². The molecule has 0 bridgehead atoms. The van der Waals surface area contributed by atoms with Crippen molar-refractivity contribution >= 4 is 17.4 Å². The third kappa shape index (κ3) is 3.30. The molecule has 6 heteroatoms. The number of hydrogen-bond donors (Lipinski definition) is 1. The molecule has 2 rings (SSSR count). The molecule has 98 valence electrons. The molecular weight excluding hydrogens is 262 g/mol. The monoisotopic (exact) mass is 275 g/mol. The SMILES string of the molecule is C[C@H](N)c1ccc(Sc2ccccc2[N+](=O)[O-])nc1. The molecular formula is C13H13N3O2S. The highest BCUT2D eigenvalue weighted by molar-refractivity contribution is 7.99. The zero-order valence-electron chi connectivity index (χ0n) is 10.3. The lowest BCUT2D eigenvalue weighted by atomic mass is 10.2. The van der Waals surface area contributed by atoms with Gasteiger partial charge < -0.3 is 5.73 Å². The highest BCUT2D eigenvalue weighted by atomic mass is 32.2. The molecule has 1 aromatic heterocycles. The van der Waals surface area contributed by atoms with Gasteiger partial charge in [0.25, 0.3) is 5.69 Å². The summed E-state index contributed by atoms with van der Waals surface area (Å²) in [5.74, 6) is 0. The van der Waals surface area contributed by atoms with Crippen LogP contribution in [0.25, 0.3) is 0 Å². The second-order valence-electron chi connectivity index (χ2n) is 4.05. The zero-order chi connectivity index (χ0) is 13.8. The van der Waals surface area contributed by atoms with Crippen LogP contribution in [0.4, 0.5) is 5.69 Å². The molecule has 1 heterocycles. The summed E-state index contributed by atoms with van der Waals surface area (Å²) in [7, 11) is 0. The van der Waals surface area contributed by atoms with Crippen molar-refractivity contribution in [3.8, 4) is 0 Å². The van der Waals surface area contributed by atoms with E-state index < -0.39 is 4.92 Å². The Hall–Kier alpha value is -1.92. The fraction of sp³-hybridized carbons (Fsp3) is 0.154. The van der Waals surface area contributed by atoms with Gasteiger partial charge in [0.2, 0.25) is 0 Å². The summed E-state index contributed by atoms with van der Waals surface area (Å²) in [6, 6.07) is 10.2. The van der Waals surface area contributed by atoms with Crippen LogP contribution in [0.1, 0.15) is 18.5 Å². The molecule has 2 aromatic rings. The molecule has 19 heavy (non-hydrogen) atoms. The molecule has 0 unspecified atom stereocenters. The number of nitro benzene ring substituents is 1. The summed E-state index contributed by atoms with van der Waals surface area (Å²) in [4.78, 5) is 15.4. The van der Waals surface area contributed by atoms with Crippen LogP contribution >= 0.6 is 11.8 Å². The van der Waals surface area contributed by atoms with E-state index in [2.05, 4.69) is 4.98 Å². The fourth-order valence-corrected chi connectivity index (χ4v) is 2.39. The average molecular weight is 275 g/mol. The van der Waals surface area contributed by atoms with Gasteiger partial charge in [0.05, 0.1) is 9.82 Å². The van der Waals surface area contributed by atoms with Crippen LogP contribution in [0.2, 0.25) is 0 Å². The van der Waals surface area contributed by atoms with Crippen LogP contribution in [-0.4, -0.2) is 9.91 Å². The molecule has 0 saturated carbocycles. The number of rotatable bonds is 4. The molecule has 0 aliphatic carbocycles. The first-order valence-corrected chi connectivity index (χ1v) is 6.52. The molecule has 0 amide bonds. The normalized spacial score (nSPS) is 12.1. The lowest BCUT2D eigenvalue weighted by Crippen LogP contribution is -2.04. The fourth-order valence-electron chi connectivity index (χ4n) is 1.53. The summed E-state index contributed by atoms with van der Waals surface area (Å²) in [6.07, 6.45) is 1.70. The molecule has 0 aliphatic heterocycles. The predicted octanol–water partition coefficient (Wildman–Crippen LogP) is 3.16. The van der Waals surface area contributed by atoms with Crippen LogP contribution in [-0.2, 0) is 0 Å². The Morgan fingerprint density at radius 2 is 2.05 bits per heavy atom. The lowest BCUT2D eigenvalue weighted by Gasteiger charge is -2.06. The van der Waals surface area contributed by atoms with Crippen LogP contribution < -0.4 is 5.73 Å². The Labute approximate surface area is 115 Å². The van der Waals surface area contributed by atoms with Crippen molar-refractivity contribution in [3.63, 3.8) is 0 Å². The van der Waals surface area contributed by atoms with Crippen LogP contribution in [0, 0.1) is 10.1 Å². The van der Waals surface area contributed by atoms with Crippen molar-refractivity contribution in [2.45, 2.75) is 22.9 Å². The second kappa shape index (κ2) is 5.81. The summed E-state index contributed by atoms with van der Waals surface area (Å²) < 4.78 is 0. The summed E-state index contributed by atoms with van der Waals surface area (Å²) in [6.45, 7) is 1.88. The topological polar surface area (TPSA) is 82.0 Å². The molecule has 0 radical (unpaired) electrons. The van der Waals surface area contributed by atoms with Gasteiger partial charge >= 0.3 is 0 Å². The van der Waals surface area contributed by atoms with E-state index in [1.165, 1.54) is 17.8 Å². The van der Waals surface area contributed by atoms with E-state index in [-0.39, 0.29) is 11.7 Å². The number of hydrogen-bond acceptors (Lipinski definition) is 5. The van der Waals surface area contributed by atoms with Crippen molar-refractivity contribution in [3.05, 3.63) is 58.3 Å². The summed E-state index contributed by atoms with van der Waals surface area (Å²) in [5.41, 5.74) is 6.77. The van der Waals surface area contributed by atoms with Crippen LogP contribution in [0.5, 0.6) is 0 Å². The Morgan fingerprint density at radius 1 is 1.32 bits per heavy atom.